The van der Waals surface area contributed by atoms with E-state index in [9.17, 15) is 4.79 Å². The fourth-order valence-corrected chi connectivity index (χ4v) is 2.60. The van der Waals surface area contributed by atoms with E-state index in [1.54, 1.807) is 13.2 Å². The molecule has 3 rings (SSSR count). The van der Waals surface area contributed by atoms with Crippen LogP contribution in [0.5, 0.6) is 5.75 Å². The number of carbonyl (C=O) groups excluding carboxylic acids is 1. The SMILES string of the molecule is COc1cccc(/C=C/C(=O)NCc2nc(C3CCOCC3)no2)c1. The van der Waals surface area contributed by atoms with Crippen molar-refractivity contribution in [2.45, 2.75) is 25.3 Å². The second-order valence-electron chi connectivity index (χ2n) is 5.76. The minimum Gasteiger partial charge on any atom is -0.497 e. The lowest BCUT2D eigenvalue weighted by Crippen LogP contribution is -2.20. The molecule has 0 atom stereocenters. The van der Waals surface area contributed by atoms with E-state index in [0.29, 0.717) is 11.7 Å². The Morgan fingerprint density at radius 2 is 2.24 bits per heavy atom. The Labute approximate surface area is 146 Å². The number of nitrogens with zero attached hydrogens (tertiary/aromatic N) is 2. The molecule has 0 bridgehead atoms. The van der Waals surface area contributed by atoms with E-state index in [4.69, 9.17) is 14.0 Å². The number of hydrogen-bond donors (Lipinski definition) is 1. The van der Waals surface area contributed by atoms with Gasteiger partial charge in [0.1, 0.15) is 5.75 Å². The Balaban J connectivity index is 1.50. The van der Waals surface area contributed by atoms with Gasteiger partial charge in [-0.3, -0.25) is 4.79 Å². The van der Waals surface area contributed by atoms with Crippen molar-refractivity contribution in [2.24, 2.45) is 0 Å². The van der Waals surface area contributed by atoms with Crippen molar-refractivity contribution in [3.63, 3.8) is 0 Å². The number of ether oxygens (including phenoxy) is 2. The van der Waals surface area contributed by atoms with Gasteiger partial charge in [0.05, 0.1) is 13.7 Å². The first kappa shape index (κ1) is 17.2. The van der Waals surface area contributed by atoms with Crippen LogP contribution >= 0.6 is 0 Å². The molecule has 1 aliphatic rings. The van der Waals surface area contributed by atoms with Crippen LogP contribution in [0.2, 0.25) is 0 Å². The highest BCUT2D eigenvalue weighted by atomic mass is 16.5. The highest BCUT2D eigenvalue weighted by molar-refractivity contribution is 5.91. The van der Waals surface area contributed by atoms with Gasteiger partial charge in [-0.25, -0.2) is 0 Å². The zero-order valence-electron chi connectivity index (χ0n) is 14.1. The summed E-state index contributed by atoms with van der Waals surface area (Å²) < 4.78 is 15.7. The van der Waals surface area contributed by atoms with E-state index < -0.39 is 0 Å². The summed E-state index contributed by atoms with van der Waals surface area (Å²) in [5, 5.41) is 6.74. The molecule has 0 radical (unpaired) electrons. The Morgan fingerprint density at radius 3 is 3.04 bits per heavy atom. The van der Waals surface area contributed by atoms with Gasteiger partial charge in [0.2, 0.25) is 11.8 Å². The summed E-state index contributed by atoms with van der Waals surface area (Å²) in [6.45, 7) is 1.65. The van der Waals surface area contributed by atoms with Crippen LogP contribution in [0.25, 0.3) is 6.08 Å². The van der Waals surface area contributed by atoms with Crippen LogP contribution in [-0.2, 0) is 16.1 Å². The Bertz CT molecular complexity index is 735. The average Bonchev–Trinajstić information content (AvgIpc) is 3.15. The average molecular weight is 343 g/mol. The first-order chi connectivity index (χ1) is 12.2. The van der Waals surface area contributed by atoms with Crippen molar-refractivity contribution in [3.05, 3.63) is 47.6 Å². The molecule has 1 saturated heterocycles. The van der Waals surface area contributed by atoms with Gasteiger partial charge in [-0.1, -0.05) is 17.3 Å². The standard InChI is InChI=1S/C18H21N3O4/c1-23-15-4-2-3-13(11-15)5-6-16(22)19-12-17-20-18(21-25-17)14-7-9-24-10-8-14/h2-6,11,14H,7-10,12H2,1H3,(H,19,22)/b6-5+. The maximum Gasteiger partial charge on any atom is 0.246 e. The van der Waals surface area contributed by atoms with Crippen molar-refractivity contribution in [3.8, 4) is 5.75 Å². The van der Waals surface area contributed by atoms with Crippen LogP contribution < -0.4 is 10.1 Å². The van der Waals surface area contributed by atoms with E-state index in [1.807, 2.05) is 24.3 Å². The maximum atomic E-state index is 11.9. The normalized spacial score (nSPS) is 15.4. The number of carbonyl (C=O) groups is 1. The first-order valence-electron chi connectivity index (χ1n) is 8.25. The van der Waals surface area contributed by atoms with Crippen LogP contribution in [0.4, 0.5) is 0 Å². The largest absolute Gasteiger partial charge is 0.497 e. The summed E-state index contributed by atoms with van der Waals surface area (Å²) in [5.41, 5.74) is 0.883. The van der Waals surface area contributed by atoms with Crippen LogP contribution in [0.3, 0.4) is 0 Å². The third-order valence-electron chi connectivity index (χ3n) is 4.01. The van der Waals surface area contributed by atoms with Gasteiger partial charge < -0.3 is 19.3 Å². The molecule has 0 unspecified atom stereocenters. The molecule has 1 aromatic carbocycles. The van der Waals surface area contributed by atoms with E-state index in [1.165, 1.54) is 6.08 Å². The molecule has 0 saturated carbocycles. The Morgan fingerprint density at radius 1 is 1.40 bits per heavy atom. The lowest BCUT2D eigenvalue weighted by atomic mass is 10.00. The van der Waals surface area contributed by atoms with E-state index >= 15 is 0 Å². The zero-order chi connectivity index (χ0) is 17.5. The monoisotopic (exact) mass is 343 g/mol. The highest BCUT2D eigenvalue weighted by Crippen LogP contribution is 2.24. The fourth-order valence-electron chi connectivity index (χ4n) is 2.60. The summed E-state index contributed by atoms with van der Waals surface area (Å²) in [6.07, 6.45) is 4.98. The molecule has 7 nitrogen and oxygen atoms in total. The smallest absolute Gasteiger partial charge is 0.246 e. The van der Waals surface area contributed by atoms with Crippen molar-refractivity contribution in [2.75, 3.05) is 20.3 Å². The molecule has 7 heteroatoms. The van der Waals surface area contributed by atoms with Gasteiger partial charge in [-0.05, 0) is 36.6 Å². The molecule has 1 N–H and O–H groups in total. The number of aromatic nitrogens is 2. The van der Waals surface area contributed by atoms with Crippen LogP contribution in [0.15, 0.2) is 34.9 Å². The number of hydrogen-bond acceptors (Lipinski definition) is 6. The number of benzene rings is 1. The van der Waals surface area contributed by atoms with Crippen LogP contribution in [0.1, 0.15) is 36.0 Å². The number of nitrogens with one attached hydrogen (secondary N) is 1. The summed E-state index contributed by atoms with van der Waals surface area (Å²) in [4.78, 5) is 16.3. The van der Waals surface area contributed by atoms with Gasteiger partial charge in [0.25, 0.3) is 0 Å². The van der Waals surface area contributed by atoms with Gasteiger partial charge in [-0.2, -0.15) is 4.98 Å². The van der Waals surface area contributed by atoms with Crippen molar-refractivity contribution >= 4 is 12.0 Å². The first-order valence-corrected chi connectivity index (χ1v) is 8.25. The highest BCUT2D eigenvalue weighted by Gasteiger charge is 2.21. The number of rotatable bonds is 6. The molecule has 0 spiro atoms. The molecule has 0 aliphatic carbocycles. The maximum absolute atomic E-state index is 11.9. The molecular weight excluding hydrogens is 322 g/mol. The van der Waals surface area contributed by atoms with Crippen molar-refractivity contribution in [1.82, 2.24) is 15.5 Å². The van der Waals surface area contributed by atoms with Gasteiger partial charge in [-0.15, -0.1) is 0 Å². The fraction of sp³-hybridized carbons (Fsp3) is 0.389. The van der Waals surface area contributed by atoms with E-state index in [0.717, 1.165) is 37.4 Å². The molecule has 2 aromatic rings. The molecule has 2 heterocycles. The second kappa shape index (κ2) is 8.43. The summed E-state index contributed by atoms with van der Waals surface area (Å²) >= 11 is 0. The number of amides is 1. The third kappa shape index (κ3) is 4.90. The summed E-state index contributed by atoms with van der Waals surface area (Å²) in [6, 6.07) is 7.46. The van der Waals surface area contributed by atoms with Crippen molar-refractivity contribution in [1.29, 1.82) is 0 Å². The van der Waals surface area contributed by atoms with E-state index in [-0.39, 0.29) is 18.4 Å². The molecule has 1 aromatic heterocycles. The molecule has 1 amide bonds. The van der Waals surface area contributed by atoms with Gasteiger partial charge >= 0.3 is 0 Å². The Hall–Kier alpha value is -2.67. The Kier molecular flexibility index (Phi) is 5.79. The molecule has 1 fully saturated rings. The molecular formula is C18H21N3O4. The van der Waals surface area contributed by atoms with Crippen LogP contribution in [0, 0.1) is 0 Å². The minimum atomic E-state index is -0.228. The minimum absolute atomic E-state index is 0.206. The molecule has 25 heavy (non-hydrogen) atoms. The third-order valence-corrected chi connectivity index (χ3v) is 4.01. The lowest BCUT2D eigenvalue weighted by molar-refractivity contribution is -0.116. The predicted molar refractivity (Wildman–Crippen MR) is 91.0 cm³/mol. The van der Waals surface area contributed by atoms with Crippen molar-refractivity contribution < 1.29 is 18.8 Å². The summed E-state index contributed by atoms with van der Waals surface area (Å²) in [5.74, 6) is 1.89. The van der Waals surface area contributed by atoms with Crippen LogP contribution in [-0.4, -0.2) is 36.4 Å². The second-order valence-corrected chi connectivity index (χ2v) is 5.76. The molecule has 1 aliphatic heterocycles. The lowest BCUT2D eigenvalue weighted by Gasteiger charge is -2.18. The van der Waals surface area contributed by atoms with E-state index in [2.05, 4.69) is 15.5 Å². The zero-order valence-corrected chi connectivity index (χ0v) is 14.1. The number of methoxy groups -OCH3 is 1. The summed E-state index contributed by atoms with van der Waals surface area (Å²) in [7, 11) is 1.61. The van der Waals surface area contributed by atoms with Gasteiger partial charge in [0, 0.05) is 25.2 Å². The quantitative estimate of drug-likeness (QED) is 0.810. The topological polar surface area (TPSA) is 86.5 Å². The van der Waals surface area contributed by atoms with Gasteiger partial charge in [0.15, 0.2) is 5.82 Å². The predicted octanol–water partition coefficient (Wildman–Crippen LogP) is 2.30. The molecule has 132 valence electrons.